The molecule has 1 fully saturated rings. The summed E-state index contributed by atoms with van der Waals surface area (Å²) >= 11 is 0. The average Bonchev–Trinajstić information content (AvgIpc) is 2.90. The molecule has 0 saturated carbocycles. The maximum absolute atomic E-state index is 11.6. The SMILES string of the molecule is CC(CNC(=O)Nc1cn[nH]c1)N1CCOCC1. The molecule has 2 amide bonds. The maximum atomic E-state index is 11.6. The van der Waals surface area contributed by atoms with Gasteiger partial charge in [-0.25, -0.2) is 4.79 Å². The topological polar surface area (TPSA) is 82.3 Å². The molecule has 100 valence electrons. The van der Waals surface area contributed by atoms with Crippen LogP contribution in [0.4, 0.5) is 10.5 Å². The number of urea groups is 1. The molecule has 0 radical (unpaired) electrons. The normalized spacial score (nSPS) is 18.3. The second-order valence-corrected chi connectivity index (χ2v) is 4.32. The molecule has 18 heavy (non-hydrogen) atoms. The fourth-order valence-electron chi connectivity index (χ4n) is 1.88. The number of nitrogens with one attached hydrogen (secondary N) is 3. The molecule has 1 aliphatic rings. The summed E-state index contributed by atoms with van der Waals surface area (Å²) < 4.78 is 5.29. The van der Waals surface area contributed by atoms with Crippen LogP contribution in [0.5, 0.6) is 0 Å². The molecule has 3 N–H and O–H groups in total. The van der Waals surface area contributed by atoms with Gasteiger partial charge in [0.1, 0.15) is 0 Å². The van der Waals surface area contributed by atoms with E-state index in [0.29, 0.717) is 18.3 Å². The van der Waals surface area contributed by atoms with Gasteiger partial charge in [0.2, 0.25) is 0 Å². The van der Waals surface area contributed by atoms with Gasteiger partial charge in [-0.05, 0) is 6.92 Å². The van der Waals surface area contributed by atoms with Gasteiger partial charge in [-0.2, -0.15) is 5.10 Å². The lowest BCUT2D eigenvalue weighted by atomic mass is 10.2. The van der Waals surface area contributed by atoms with Gasteiger partial charge >= 0.3 is 6.03 Å². The van der Waals surface area contributed by atoms with Crippen molar-refractivity contribution in [3.63, 3.8) is 0 Å². The summed E-state index contributed by atoms with van der Waals surface area (Å²) in [6, 6.07) is 0.0977. The number of morpholine rings is 1. The van der Waals surface area contributed by atoms with Crippen LogP contribution in [0.2, 0.25) is 0 Å². The first-order valence-corrected chi connectivity index (χ1v) is 6.11. The lowest BCUT2D eigenvalue weighted by Gasteiger charge is -2.32. The highest BCUT2D eigenvalue weighted by atomic mass is 16.5. The fourth-order valence-corrected chi connectivity index (χ4v) is 1.88. The van der Waals surface area contributed by atoms with Gasteiger partial charge in [0.15, 0.2) is 0 Å². The summed E-state index contributed by atoms with van der Waals surface area (Å²) in [5.74, 6) is 0. The van der Waals surface area contributed by atoms with Gasteiger partial charge in [0, 0.05) is 31.9 Å². The van der Waals surface area contributed by atoms with Gasteiger partial charge in [-0.3, -0.25) is 10.00 Å². The molecule has 7 heteroatoms. The quantitative estimate of drug-likeness (QED) is 0.718. The van der Waals surface area contributed by atoms with E-state index in [1.54, 1.807) is 12.4 Å². The van der Waals surface area contributed by atoms with Crippen molar-refractivity contribution in [3.05, 3.63) is 12.4 Å². The molecule has 2 heterocycles. The van der Waals surface area contributed by atoms with Crippen LogP contribution in [0.15, 0.2) is 12.4 Å². The van der Waals surface area contributed by atoms with E-state index in [4.69, 9.17) is 4.74 Å². The zero-order valence-electron chi connectivity index (χ0n) is 10.5. The molecule has 0 aliphatic carbocycles. The van der Waals surface area contributed by atoms with Crippen LogP contribution < -0.4 is 10.6 Å². The minimum absolute atomic E-state index is 0.212. The van der Waals surface area contributed by atoms with Gasteiger partial charge in [-0.15, -0.1) is 0 Å². The van der Waals surface area contributed by atoms with Crippen molar-refractivity contribution in [2.45, 2.75) is 13.0 Å². The molecule has 1 saturated heterocycles. The molecule has 1 unspecified atom stereocenters. The summed E-state index contributed by atoms with van der Waals surface area (Å²) in [4.78, 5) is 13.9. The van der Waals surface area contributed by atoms with Gasteiger partial charge in [-0.1, -0.05) is 0 Å². The smallest absolute Gasteiger partial charge is 0.319 e. The van der Waals surface area contributed by atoms with Crippen molar-refractivity contribution in [3.8, 4) is 0 Å². The van der Waals surface area contributed by atoms with E-state index >= 15 is 0 Å². The molecular weight excluding hydrogens is 234 g/mol. The second-order valence-electron chi connectivity index (χ2n) is 4.32. The number of aromatic nitrogens is 2. The van der Waals surface area contributed by atoms with Crippen LogP contribution in [0, 0.1) is 0 Å². The molecule has 0 bridgehead atoms. The van der Waals surface area contributed by atoms with Crippen LogP contribution in [0.3, 0.4) is 0 Å². The highest BCUT2D eigenvalue weighted by Crippen LogP contribution is 2.03. The predicted octanol–water partition coefficient (Wildman–Crippen LogP) is 0.252. The van der Waals surface area contributed by atoms with Crippen molar-refractivity contribution in [1.82, 2.24) is 20.4 Å². The van der Waals surface area contributed by atoms with Crippen LogP contribution in [-0.2, 0) is 4.74 Å². The van der Waals surface area contributed by atoms with E-state index in [1.807, 2.05) is 0 Å². The molecule has 1 aliphatic heterocycles. The number of carbonyl (C=O) groups is 1. The van der Waals surface area contributed by atoms with E-state index in [-0.39, 0.29) is 6.03 Å². The third kappa shape index (κ3) is 3.71. The minimum atomic E-state index is -0.212. The van der Waals surface area contributed by atoms with E-state index in [1.165, 1.54) is 0 Å². The van der Waals surface area contributed by atoms with Crippen LogP contribution in [0.1, 0.15) is 6.92 Å². The van der Waals surface area contributed by atoms with Crippen molar-refractivity contribution in [1.29, 1.82) is 0 Å². The largest absolute Gasteiger partial charge is 0.379 e. The highest BCUT2D eigenvalue weighted by molar-refractivity contribution is 5.88. The first kappa shape index (κ1) is 12.8. The summed E-state index contributed by atoms with van der Waals surface area (Å²) in [7, 11) is 0. The summed E-state index contributed by atoms with van der Waals surface area (Å²) in [6.07, 6.45) is 3.19. The standard InChI is InChI=1S/C11H19N5O2/c1-9(16-2-4-18-5-3-16)6-12-11(17)15-10-7-13-14-8-10/h7-9H,2-6H2,1H3,(H,13,14)(H2,12,15,17). The maximum Gasteiger partial charge on any atom is 0.319 e. The van der Waals surface area contributed by atoms with Crippen molar-refractivity contribution in [2.75, 3.05) is 38.2 Å². The van der Waals surface area contributed by atoms with Crippen molar-refractivity contribution < 1.29 is 9.53 Å². The monoisotopic (exact) mass is 253 g/mol. The van der Waals surface area contributed by atoms with E-state index < -0.39 is 0 Å². The van der Waals surface area contributed by atoms with E-state index in [9.17, 15) is 4.79 Å². The Balaban J connectivity index is 1.68. The van der Waals surface area contributed by atoms with Crippen LogP contribution in [-0.4, -0.2) is 60.0 Å². The number of hydrogen-bond acceptors (Lipinski definition) is 4. The Morgan fingerprint density at radius 3 is 3.06 bits per heavy atom. The minimum Gasteiger partial charge on any atom is -0.379 e. The zero-order valence-corrected chi connectivity index (χ0v) is 10.5. The number of H-pyrrole nitrogens is 1. The molecule has 1 aromatic rings. The molecule has 1 aromatic heterocycles. The molecule has 1 atom stereocenters. The lowest BCUT2D eigenvalue weighted by molar-refractivity contribution is 0.0209. The molecule has 7 nitrogen and oxygen atoms in total. The number of ether oxygens (including phenoxy) is 1. The molecule has 0 spiro atoms. The number of rotatable bonds is 4. The van der Waals surface area contributed by atoms with Crippen LogP contribution in [0.25, 0.3) is 0 Å². The fraction of sp³-hybridized carbons (Fsp3) is 0.636. The number of carbonyl (C=O) groups excluding carboxylic acids is 1. The highest BCUT2D eigenvalue weighted by Gasteiger charge is 2.17. The Labute approximate surface area is 106 Å². The van der Waals surface area contributed by atoms with Crippen molar-refractivity contribution in [2.24, 2.45) is 0 Å². The zero-order chi connectivity index (χ0) is 12.8. The Bertz CT molecular complexity index is 362. The van der Waals surface area contributed by atoms with E-state index in [0.717, 1.165) is 26.3 Å². The Morgan fingerprint density at radius 1 is 1.61 bits per heavy atom. The average molecular weight is 253 g/mol. The van der Waals surface area contributed by atoms with E-state index in [2.05, 4.69) is 32.7 Å². The first-order chi connectivity index (χ1) is 8.75. The van der Waals surface area contributed by atoms with Crippen LogP contribution >= 0.6 is 0 Å². The molecular formula is C11H19N5O2. The van der Waals surface area contributed by atoms with Gasteiger partial charge in [0.25, 0.3) is 0 Å². The number of hydrogen-bond donors (Lipinski definition) is 3. The number of amides is 2. The number of nitrogens with zero attached hydrogens (tertiary/aromatic N) is 2. The Morgan fingerprint density at radius 2 is 2.39 bits per heavy atom. The predicted molar refractivity (Wildman–Crippen MR) is 67.5 cm³/mol. The number of aromatic amines is 1. The second kappa shape index (κ2) is 6.36. The summed E-state index contributed by atoms with van der Waals surface area (Å²) in [5.41, 5.74) is 0.659. The first-order valence-electron chi connectivity index (χ1n) is 6.11. The Kier molecular flexibility index (Phi) is 4.54. The summed E-state index contributed by atoms with van der Waals surface area (Å²) in [5, 5.41) is 11.9. The molecule has 2 rings (SSSR count). The Hall–Kier alpha value is -1.60. The van der Waals surface area contributed by atoms with Crippen molar-refractivity contribution >= 4 is 11.7 Å². The lowest BCUT2D eigenvalue weighted by Crippen LogP contribution is -2.47. The third-order valence-electron chi connectivity index (χ3n) is 2.98. The molecule has 0 aromatic carbocycles. The number of anilines is 1. The van der Waals surface area contributed by atoms with Gasteiger partial charge in [0.05, 0.1) is 25.1 Å². The third-order valence-corrected chi connectivity index (χ3v) is 2.98. The summed E-state index contributed by atoms with van der Waals surface area (Å²) in [6.45, 7) is 6.10. The van der Waals surface area contributed by atoms with Gasteiger partial charge < -0.3 is 15.4 Å².